The van der Waals surface area contributed by atoms with Gasteiger partial charge >= 0.3 is 0 Å². The van der Waals surface area contributed by atoms with Crippen LogP contribution in [0.2, 0.25) is 0 Å². The van der Waals surface area contributed by atoms with Gasteiger partial charge in [-0.05, 0) is 20.3 Å². The van der Waals surface area contributed by atoms with E-state index in [1.807, 2.05) is 23.8 Å². The first-order valence-corrected chi connectivity index (χ1v) is 6.16. The van der Waals surface area contributed by atoms with Gasteiger partial charge in [-0.3, -0.25) is 5.01 Å². The molecule has 0 amide bonds. The third-order valence-corrected chi connectivity index (χ3v) is 2.83. The Labute approximate surface area is 106 Å². The molecule has 0 saturated heterocycles. The Morgan fingerprint density at radius 2 is 2.00 bits per heavy atom. The van der Waals surface area contributed by atoms with Crippen molar-refractivity contribution in [2.75, 3.05) is 6.54 Å². The average Bonchev–Trinajstić information content (AvgIpc) is 2.47. The van der Waals surface area contributed by atoms with Crippen LogP contribution < -0.4 is 0 Å². The summed E-state index contributed by atoms with van der Waals surface area (Å²) in [6.07, 6.45) is 2.41. The fourth-order valence-corrected chi connectivity index (χ4v) is 2.25. The Morgan fingerprint density at radius 3 is 2.40 bits per heavy atom. The molecule has 0 N–H and O–H groups in total. The smallest absolute Gasteiger partial charge is 0.230 e. The molecule has 1 aliphatic heterocycles. The normalized spacial score (nSPS) is 21.9. The predicted molar refractivity (Wildman–Crippen MR) is 66.5 cm³/mol. The van der Waals surface area contributed by atoms with Crippen molar-refractivity contribution in [2.45, 2.75) is 43.2 Å². The maximum atomic E-state index is 5.98. The number of hydrazone groups is 1. The minimum Gasteiger partial charge on any atom is -0.333 e. The van der Waals surface area contributed by atoms with Gasteiger partial charge in [-0.2, -0.15) is 5.10 Å². The third-order valence-electron chi connectivity index (χ3n) is 2.24. The van der Waals surface area contributed by atoms with E-state index < -0.39 is 3.79 Å². The number of nitrogens with zero attached hydrogens (tertiary/aromatic N) is 3. The van der Waals surface area contributed by atoms with Gasteiger partial charge in [0.25, 0.3) is 0 Å². The van der Waals surface area contributed by atoms with Crippen LogP contribution in [-0.4, -0.2) is 38.8 Å². The summed E-state index contributed by atoms with van der Waals surface area (Å²) in [4.78, 5) is 1.96. The van der Waals surface area contributed by atoms with Crippen LogP contribution in [0.4, 0.5) is 0 Å². The Balaban J connectivity index is 2.82. The monoisotopic (exact) mass is 271 g/mol. The van der Waals surface area contributed by atoms with Gasteiger partial charge in [0.05, 0.1) is 0 Å². The minimum absolute atomic E-state index is 0.260. The van der Waals surface area contributed by atoms with Crippen molar-refractivity contribution in [1.82, 2.24) is 9.91 Å². The molecule has 0 radical (unpaired) electrons. The van der Waals surface area contributed by atoms with Crippen LogP contribution in [0.5, 0.6) is 0 Å². The van der Waals surface area contributed by atoms with Gasteiger partial charge in [-0.1, -0.05) is 41.7 Å². The van der Waals surface area contributed by atoms with Crippen molar-refractivity contribution in [3.8, 4) is 0 Å². The van der Waals surface area contributed by atoms with E-state index in [-0.39, 0.29) is 12.2 Å². The molecule has 6 heteroatoms. The molecule has 0 spiro atoms. The summed E-state index contributed by atoms with van der Waals surface area (Å²) in [6.45, 7) is 6.96. The predicted octanol–water partition coefficient (Wildman–Crippen LogP) is 3.06. The van der Waals surface area contributed by atoms with Crippen molar-refractivity contribution in [2.24, 2.45) is 5.10 Å². The van der Waals surface area contributed by atoms with E-state index in [4.69, 9.17) is 34.8 Å². The fraction of sp³-hybridized carbons (Fsp3) is 0.889. The Hall–Kier alpha value is 0.140. The summed E-state index contributed by atoms with van der Waals surface area (Å²) in [5, 5.41) is 6.08. The first kappa shape index (κ1) is 13.2. The molecule has 0 aromatic rings. The van der Waals surface area contributed by atoms with Gasteiger partial charge in [0.2, 0.25) is 3.79 Å². The largest absolute Gasteiger partial charge is 0.333 e. The second-order valence-corrected chi connectivity index (χ2v) is 6.22. The second-order valence-electron chi connectivity index (χ2n) is 3.85. The zero-order valence-corrected chi connectivity index (χ0v) is 11.4. The molecule has 1 unspecified atom stereocenters. The van der Waals surface area contributed by atoms with Crippen molar-refractivity contribution < 1.29 is 0 Å². The number of hydrogen-bond acceptors (Lipinski definition) is 3. The number of halogens is 3. The topological polar surface area (TPSA) is 18.8 Å². The molecule has 1 heterocycles. The van der Waals surface area contributed by atoms with Gasteiger partial charge in [0.1, 0.15) is 6.34 Å². The molecule has 0 aliphatic carbocycles. The molecule has 0 fully saturated rings. The third kappa shape index (κ3) is 3.05. The van der Waals surface area contributed by atoms with Crippen LogP contribution >= 0.6 is 34.8 Å². The fourth-order valence-electron chi connectivity index (χ4n) is 1.57. The lowest BCUT2D eigenvalue weighted by molar-refractivity contribution is 0.115. The van der Waals surface area contributed by atoms with E-state index in [9.17, 15) is 0 Å². The molecule has 88 valence electrons. The minimum atomic E-state index is -1.35. The van der Waals surface area contributed by atoms with Crippen molar-refractivity contribution in [1.29, 1.82) is 0 Å². The van der Waals surface area contributed by atoms with E-state index >= 15 is 0 Å². The van der Waals surface area contributed by atoms with Gasteiger partial charge < -0.3 is 4.90 Å². The van der Waals surface area contributed by atoms with Crippen LogP contribution in [0.3, 0.4) is 0 Å². The summed E-state index contributed by atoms with van der Waals surface area (Å²) in [7, 11) is 0. The quantitative estimate of drug-likeness (QED) is 0.735. The van der Waals surface area contributed by atoms with E-state index in [2.05, 4.69) is 12.0 Å². The summed E-state index contributed by atoms with van der Waals surface area (Å²) < 4.78 is -1.35. The lowest BCUT2D eigenvalue weighted by Gasteiger charge is -2.37. The zero-order valence-electron chi connectivity index (χ0n) is 9.12. The molecule has 0 bridgehead atoms. The highest BCUT2D eigenvalue weighted by molar-refractivity contribution is 6.68. The SMILES string of the molecule is CCCN1N=CN(C(C)C)C1C(Cl)(Cl)Cl. The molecule has 1 rings (SSSR count). The van der Waals surface area contributed by atoms with E-state index in [0.717, 1.165) is 13.0 Å². The van der Waals surface area contributed by atoms with E-state index in [1.165, 1.54) is 0 Å². The summed E-state index contributed by atoms with van der Waals surface area (Å²) in [6, 6.07) is 0.260. The van der Waals surface area contributed by atoms with Gasteiger partial charge in [-0.25, -0.2) is 0 Å². The Kier molecular flexibility index (Phi) is 4.38. The van der Waals surface area contributed by atoms with Crippen molar-refractivity contribution in [3.05, 3.63) is 0 Å². The van der Waals surface area contributed by atoms with Crippen LogP contribution in [0, 0.1) is 0 Å². The first-order valence-electron chi connectivity index (χ1n) is 5.02. The van der Waals surface area contributed by atoms with Crippen LogP contribution in [0.1, 0.15) is 27.2 Å². The van der Waals surface area contributed by atoms with Crippen LogP contribution in [-0.2, 0) is 0 Å². The standard InChI is InChI=1S/C9H16Cl3N3/c1-4-5-15-8(9(10,11)12)14(6-13-15)7(2)3/h6-8H,4-5H2,1-3H3. The summed E-state index contributed by atoms with van der Waals surface area (Å²) >= 11 is 17.9. The highest BCUT2D eigenvalue weighted by Gasteiger charge is 2.44. The highest BCUT2D eigenvalue weighted by atomic mass is 35.6. The summed E-state index contributed by atoms with van der Waals surface area (Å²) in [5.74, 6) is 0. The maximum absolute atomic E-state index is 5.98. The van der Waals surface area contributed by atoms with Crippen molar-refractivity contribution in [3.63, 3.8) is 0 Å². The molecular weight excluding hydrogens is 256 g/mol. The first-order chi connectivity index (χ1) is 6.88. The molecule has 15 heavy (non-hydrogen) atoms. The van der Waals surface area contributed by atoms with E-state index in [0.29, 0.717) is 0 Å². The Bertz CT molecular complexity index is 237. The molecule has 0 aromatic heterocycles. The van der Waals surface area contributed by atoms with Gasteiger partial charge in [0, 0.05) is 12.6 Å². The molecule has 0 aromatic carbocycles. The maximum Gasteiger partial charge on any atom is 0.230 e. The van der Waals surface area contributed by atoms with Crippen LogP contribution in [0.25, 0.3) is 0 Å². The Morgan fingerprint density at radius 1 is 1.40 bits per heavy atom. The lowest BCUT2D eigenvalue weighted by atomic mass is 10.3. The number of hydrogen-bond donors (Lipinski definition) is 0. The molecule has 1 atom stereocenters. The second kappa shape index (κ2) is 4.98. The highest BCUT2D eigenvalue weighted by Crippen LogP contribution is 2.37. The molecule has 1 aliphatic rings. The molecule has 3 nitrogen and oxygen atoms in total. The average molecular weight is 273 g/mol. The van der Waals surface area contributed by atoms with Gasteiger partial charge in [0.15, 0.2) is 6.17 Å². The van der Waals surface area contributed by atoms with E-state index in [1.54, 1.807) is 6.34 Å². The number of rotatable bonds is 3. The lowest BCUT2D eigenvalue weighted by Crippen LogP contribution is -2.51. The van der Waals surface area contributed by atoms with Gasteiger partial charge in [-0.15, -0.1) is 0 Å². The summed E-state index contributed by atoms with van der Waals surface area (Å²) in [5.41, 5.74) is 0. The zero-order chi connectivity index (χ0) is 11.6. The molecule has 0 saturated carbocycles. The van der Waals surface area contributed by atoms with Crippen molar-refractivity contribution >= 4 is 41.1 Å². The number of alkyl halides is 3. The molecular formula is C9H16Cl3N3. The van der Waals surface area contributed by atoms with Crippen LogP contribution in [0.15, 0.2) is 5.10 Å².